The van der Waals surface area contributed by atoms with Gasteiger partial charge in [0, 0.05) is 16.7 Å². The van der Waals surface area contributed by atoms with Crippen LogP contribution in [0.15, 0.2) is 42.5 Å². The number of hydrogen-bond acceptors (Lipinski definition) is 4. The Kier molecular flexibility index (Phi) is 4.14. The van der Waals surface area contributed by atoms with Gasteiger partial charge in [0.15, 0.2) is 11.5 Å². The smallest absolute Gasteiger partial charge is 0.241 e. The van der Waals surface area contributed by atoms with Gasteiger partial charge in [0.2, 0.25) is 5.91 Å². The molecule has 0 aliphatic carbocycles. The summed E-state index contributed by atoms with van der Waals surface area (Å²) in [6.07, 6.45) is 4.10. The minimum Gasteiger partial charge on any atom is -0.493 e. The van der Waals surface area contributed by atoms with E-state index in [-0.39, 0.29) is 11.3 Å². The molecule has 1 saturated heterocycles. The molecule has 4 rings (SSSR count). The summed E-state index contributed by atoms with van der Waals surface area (Å²) in [5.41, 5.74) is 3.54. The normalized spacial score (nSPS) is 22.2. The van der Waals surface area contributed by atoms with Crippen LogP contribution in [0.2, 0.25) is 0 Å². The second-order valence-corrected chi connectivity index (χ2v) is 7.96. The van der Waals surface area contributed by atoms with Crippen molar-refractivity contribution in [2.75, 3.05) is 25.7 Å². The molecule has 1 unspecified atom stereocenters. The number of rotatable bonds is 4. The number of ether oxygens (including phenoxy) is 2. The van der Waals surface area contributed by atoms with Gasteiger partial charge < -0.3 is 19.7 Å². The van der Waals surface area contributed by atoms with E-state index in [1.54, 1.807) is 14.2 Å². The monoisotopic (exact) mass is 378 g/mol. The molecule has 1 atom stereocenters. The van der Waals surface area contributed by atoms with Crippen LogP contribution in [0.1, 0.15) is 30.5 Å². The van der Waals surface area contributed by atoms with Crippen LogP contribution in [0.3, 0.4) is 0 Å². The lowest BCUT2D eigenvalue weighted by molar-refractivity contribution is -0.118. The lowest BCUT2D eigenvalue weighted by Crippen LogP contribution is -2.58. The van der Waals surface area contributed by atoms with Crippen molar-refractivity contribution in [2.45, 2.75) is 31.8 Å². The van der Waals surface area contributed by atoms with Crippen molar-refractivity contribution >= 4 is 17.7 Å². The molecule has 5 nitrogen and oxygen atoms in total. The lowest BCUT2D eigenvalue weighted by Gasteiger charge is -2.40. The maximum Gasteiger partial charge on any atom is 0.241 e. The summed E-state index contributed by atoms with van der Waals surface area (Å²) >= 11 is 0. The Morgan fingerprint density at radius 3 is 2.64 bits per heavy atom. The molecule has 0 bridgehead atoms. The average Bonchev–Trinajstić information content (AvgIpc) is 3.10. The van der Waals surface area contributed by atoms with Gasteiger partial charge >= 0.3 is 0 Å². The highest BCUT2D eigenvalue weighted by Gasteiger charge is 2.59. The van der Waals surface area contributed by atoms with Gasteiger partial charge in [0.1, 0.15) is 5.66 Å². The largest absolute Gasteiger partial charge is 0.493 e. The fourth-order valence-electron chi connectivity index (χ4n) is 4.54. The van der Waals surface area contributed by atoms with Crippen LogP contribution in [0.5, 0.6) is 11.5 Å². The average molecular weight is 378 g/mol. The number of aryl methyl sites for hydroxylation is 1. The van der Waals surface area contributed by atoms with E-state index in [4.69, 9.17) is 9.47 Å². The summed E-state index contributed by atoms with van der Waals surface area (Å²) in [5, 5.41) is 3.25. The van der Waals surface area contributed by atoms with Crippen LogP contribution in [-0.4, -0.2) is 32.3 Å². The van der Waals surface area contributed by atoms with Crippen molar-refractivity contribution < 1.29 is 14.3 Å². The summed E-state index contributed by atoms with van der Waals surface area (Å²) in [5.74, 6) is 1.39. The Morgan fingerprint density at radius 2 is 1.93 bits per heavy atom. The van der Waals surface area contributed by atoms with Gasteiger partial charge in [-0.25, -0.2) is 0 Å². The topological polar surface area (TPSA) is 50.8 Å². The van der Waals surface area contributed by atoms with E-state index in [0.717, 1.165) is 11.3 Å². The molecule has 2 aliphatic heterocycles. The highest BCUT2D eigenvalue weighted by Crippen LogP contribution is 2.53. The van der Waals surface area contributed by atoms with Crippen LogP contribution >= 0.6 is 0 Å². The van der Waals surface area contributed by atoms with Crippen LogP contribution in [0, 0.1) is 6.92 Å². The molecule has 146 valence electrons. The highest BCUT2D eigenvalue weighted by molar-refractivity contribution is 5.91. The van der Waals surface area contributed by atoms with Crippen LogP contribution in [0.4, 0.5) is 5.69 Å². The van der Waals surface area contributed by atoms with Gasteiger partial charge in [-0.2, -0.15) is 0 Å². The Morgan fingerprint density at radius 1 is 1.14 bits per heavy atom. The van der Waals surface area contributed by atoms with Gasteiger partial charge in [0.05, 0.1) is 20.8 Å². The van der Waals surface area contributed by atoms with Gasteiger partial charge in [-0.05, 0) is 30.7 Å². The van der Waals surface area contributed by atoms with Crippen LogP contribution in [-0.2, 0) is 10.2 Å². The van der Waals surface area contributed by atoms with Crippen LogP contribution in [0.25, 0.3) is 6.08 Å². The third-order valence-corrected chi connectivity index (χ3v) is 6.06. The Bertz CT molecular complexity index is 980. The number of para-hydroxylation sites is 1. The zero-order valence-corrected chi connectivity index (χ0v) is 17.0. The van der Waals surface area contributed by atoms with Crippen molar-refractivity contribution in [3.05, 3.63) is 59.2 Å². The van der Waals surface area contributed by atoms with Crippen molar-refractivity contribution in [2.24, 2.45) is 0 Å². The molecular formula is C23H26N2O3. The molecule has 0 spiro atoms. The number of hydrogen-bond donors (Lipinski definition) is 1. The Hall–Kier alpha value is -2.95. The molecule has 28 heavy (non-hydrogen) atoms. The number of carbonyl (C=O) groups is 1. The molecule has 0 radical (unpaired) electrons. The second-order valence-electron chi connectivity index (χ2n) is 7.96. The number of anilines is 1. The predicted octanol–water partition coefficient (Wildman–Crippen LogP) is 3.65. The first-order valence-electron chi connectivity index (χ1n) is 9.44. The second kappa shape index (κ2) is 6.30. The van der Waals surface area contributed by atoms with Gasteiger partial charge in [-0.1, -0.05) is 49.8 Å². The minimum absolute atomic E-state index is 0.0292. The molecule has 2 aromatic rings. The standard InChI is InChI=1S/C23H26N2O3/c1-15-9-10-18-17(13-15)22(2,3)23(24-20(26)14-25(18)23)12-11-16-7-6-8-19(27-4)21(16)28-5/h6-13H,14H2,1-5H3,(H,24,26). The van der Waals surface area contributed by atoms with E-state index in [9.17, 15) is 4.79 Å². The maximum atomic E-state index is 12.4. The summed E-state index contributed by atoms with van der Waals surface area (Å²) in [6.45, 7) is 6.81. The molecule has 2 aromatic carbocycles. The van der Waals surface area contributed by atoms with Gasteiger partial charge in [-0.15, -0.1) is 0 Å². The number of nitrogens with one attached hydrogen (secondary N) is 1. The molecule has 1 N–H and O–H groups in total. The van der Waals surface area contributed by atoms with Crippen molar-refractivity contribution in [1.82, 2.24) is 5.32 Å². The predicted molar refractivity (Wildman–Crippen MR) is 111 cm³/mol. The number of carbonyl (C=O) groups excluding carboxylic acids is 1. The molecule has 1 amide bonds. The van der Waals surface area contributed by atoms with Crippen molar-refractivity contribution in [1.29, 1.82) is 0 Å². The van der Waals surface area contributed by atoms with Crippen molar-refractivity contribution in [3.63, 3.8) is 0 Å². The lowest BCUT2D eigenvalue weighted by atomic mass is 9.75. The molecule has 5 heteroatoms. The third-order valence-electron chi connectivity index (χ3n) is 6.06. The number of fused-ring (bicyclic) bond motifs is 3. The Labute approximate surface area is 165 Å². The first kappa shape index (κ1) is 18.4. The number of nitrogens with zero attached hydrogens (tertiary/aromatic N) is 1. The van der Waals surface area contributed by atoms with E-state index in [1.807, 2.05) is 24.3 Å². The Balaban J connectivity index is 1.84. The summed E-state index contributed by atoms with van der Waals surface area (Å²) in [4.78, 5) is 14.6. The van der Waals surface area contributed by atoms with E-state index in [2.05, 4.69) is 55.3 Å². The van der Waals surface area contributed by atoms with E-state index in [0.29, 0.717) is 18.0 Å². The summed E-state index contributed by atoms with van der Waals surface area (Å²) in [6, 6.07) is 12.2. The number of amides is 1. The number of methoxy groups -OCH3 is 2. The quantitative estimate of drug-likeness (QED) is 0.882. The molecule has 1 fully saturated rings. The third kappa shape index (κ3) is 2.42. The van der Waals surface area contributed by atoms with E-state index in [1.165, 1.54) is 11.1 Å². The maximum absolute atomic E-state index is 12.4. The van der Waals surface area contributed by atoms with Gasteiger partial charge in [0.25, 0.3) is 0 Å². The highest BCUT2D eigenvalue weighted by atomic mass is 16.5. The van der Waals surface area contributed by atoms with E-state index >= 15 is 0 Å². The first-order chi connectivity index (χ1) is 13.3. The molecule has 2 aliphatic rings. The summed E-state index contributed by atoms with van der Waals surface area (Å²) < 4.78 is 11.0. The number of benzene rings is 2. The van der Waals surface area contributed by atoms with Crippen molar-refractivity contribution in [3.8, 4) is 11.5 Å². The fourth-order valence-corrected chi connectivity index (χ4v) is 4.54. The van der Waals surface area contributed by atoms with Gasteiger partial charge in [-0.3, -0.25) is 4.79 Å². The SMILES string of the molecule is COc1cccc(C=CC23NC(=O)CN2c2ccc(C)cc2C3(C)C)c1OC. The first-order valence-corrected chi connectivity index (χ1v) is 9.44. The molecule has 0 aromatic heterocycles. The zero-order chi connectivity index (χ0) is 20.1. The minimum atomic E-state index is -0.631. The molecule has 2 heterocycles. The molecular weight excluding hydrogens is 352 g/mol. The molecule has 0 saturated carbocycles. The van der Waals surface area contributed by atoms with Crippen LogP contribution < -0.4 is 19.7 Å². The van der Waals surface area contributed by atoms with E-state index < -0.39 is 5.66 Å². The fraction of sp³-hybridized carbons (Fsp3) is 0.348. The summed E-state index contributed by atoms with van der Waals surface area (Å²) in [7, 11) is 3.26. The zero-order valence-electron chi connectivity index (χ0n) is 17.0.